The number of benzene rings is 1. The maximum absolute atomic E-state index is 5.82. The number of aryl methyl sites for hydroxylation is 2. The third-order valence-corrected chi connectivity index (χ3v) is 5.05. The standard InChI is InChI=1S/C19H24N4OS.HI/c1-4-20-19(21-10-9-18-23-13(2)14(3)25-18)22-12-16-11-15-7-5-6-8-17(15)24-16;/h5-8,11H,4,9-10,12H2,1-3H3,(H2,20,21,22);1H. The highest BCUT2D eigenvalue weighted by Gasteiger charge is 2.05. The number of aliphatic imine (C=N–C) groups is 1. The van der Waals surface area contributed by atoms with Crippen molar-refractivity contribution in [2.45, 2.75) is 33.7 Å². The first-order valence-electron chi connectivity index (χ1n) is 8.58. The van der Waals surface area contributed by atoms with Crippen LogP contribution in [0.1, 0.15) is 28.3 Å². The number of para-hydroxylation sites is 1. The van der Waals surface area contributed by atoms with Crippen molar-refractivity contribution in [2.24, 2.45) is 4.99 Å². The van der Waals surface area contributed by atoms with Crippen LogP contribution in [0.5, 0.6) is 0 Å². The molecule has 2 N–H and O–H groups in total. The van der Waals surface area contributed by atoms with Gasteiger partial charge in [0.05, 0.1) is 10.7 Å². The monoisotopic (exact) mass is 484 g/mol. The van der Waals surface area contributed by atoms with E-state index >= 15 is 0 Å². The van der Waals surface area contributed by atoms with E-state index in [4.69, 9.17) is 4.42 Å². The van der Waals surface area contributed by atoms with E-state index in [1.54, 1.807) is 11.3 Å². The Labute approximate surface area is 175 Å². The molecule has 0 aliphatic rings. The number of hydrogen-bond acceptors (Lipinski definition) is 4. The quantitative estimate of drug-likeness (QED) is 0.309. The van der Waals surface area contributed by atoms with Crippen molar-refractivity contribution in [3.8, 4) is 0 Å². The minimum Gasteiger partial charge on any atom is -0.459 e. The second-order valence-electron chi connectivity index (χ2n) is 5.87. The van der Waals surface area contributed by atoms with Crippen LogP contribution in [0, 0.1) is 13.8 Å². The highest BCUT2D eigenvalue weighted by Crippen LogP contribution is 2.19. The summed E-state index contributed by atoms with van der Waals surface area (Å²) < 4.78 is 5.82. The van der Waals surface area contributed by atoms with Gasteiger partial charge in [-0.25, -0.2) is 9.98 Å². The fourth-order valence-corrected chi connectivity index (χ4v) is 3.48. The van der Waals surface area contributed by atoms with Crippen LogP contribution in [0.25, 0.3) is 11.0 Å². The van der Waals surface area contributed by atoms with Crippen LogP contribution < -0.4 is 10.6 Å². The molecule has 3 aromatic rings. The van der Waals surface area contributed by atoms with Gasteiger partial charge in [-0.1, -0.05) is 18.2 Å². The maximum Gasteiger partial charge on any atom is 0.191 e. The summed E-state index contributed by atoms with van der Waals surface area (Å²) in [7, 11) is 0. The second-order valence-corrected chi connectivity index (χ2v) is 7.16. The van der Waals surface area contributed by atoms with Gasteiger partial charge in [0, 0.05) is 29.8 Å². The van der Waals surface area contributed by atoms with Gasteiger partial charge in [-0.05, 0) is 32.9 Å². The average molecular weight is 484 g/mol. The summed E-state index contributed by atoms with van der Waals surface area (Å²) in [5.41, 5.74) is 2.03. The lowest BCUT2D eigenvalue weighted by atomic mass is 10.2. The molecule has 0 saturated carbocycles. The van der Waals surface area contributed by atoms with E-state index in [1.165, 1.54) is 4.88 Å². The van der Waals surface area contributed by atoms with Gasteiger partial charge in [-0.15, -0.1) is 35.3 Å². The normalized spacial score (nSPS) is 11.4. The molecule has 3 rings (SSSR count). The third kappa shape index (κ3) is 5.44. The Morgan fingerprint density at radius 2 is 2.04 bits per heavy atom. The molecule has 5 nitrogen and oxygen atoms in total. The van der Waals surface area contributed by atoms with Crippen molar-refractivity contribution >= 4 is 52.2 Å². The van der Waals surface area contributed by atoms with Crippen molar-refractivity contribution in [1.82, 2.24) is 15.6 Å². The first-order valence-corrected chi connectivity index (χ1v) is 9.40. The summed E-state index contributed by atoms with van der Waals surface area (Å²) in [6.45, 7) is 8.37. The average Bonchev–Trinajstić information content (AvgIpc) is 3.15. The first kappa shape index (κ1) is 20.7. The van der Waals surface area contributed by atoms with Crippen LogP contribution in [0.4, 0.5) is 0 Å². The highest BCUT2D eigenvalue weighted by molar-refractivity contribution is 14.0. The number of aromatic nitrogens is 1. The summed E-state index contributed by atoms with van der Waals surface area (Å²) in [6, 6.07) is 10.1. The Hall–Kier alpha value is -1.61. The van der Waals surface area contributed by atoms with Crippen molar-refractivity contribution in [2.75, 3.05) is 13.1 Å². The number of hydrogen-bond donors (Lipinski definition) is 2. The summed E-state index contributed by atoms with van der Waals surface area (Å²) in [6.07, 6.45) is 0.897. The van der Waals surface area contributed by atoms with Crippen LogP contribution >= 0.6 is 35.3 Å². The Morgan fingerprint density at radius 1 is 1.23 bits per heavy atom. The molecule has 0 aliphatic carbocycles. The molecule has 1 aromatic carbocycles. The molecule has 0 saturated heterocycles. The van der Waals surface area contributed by atoms with Crippen molar-refractivity contribution in [3.63, 3.8) is 0 Å². The number of rotatable bonds is 6. The number of nitrogens with zero attached hydrogens (tertiary/aromatic N) is 2. The maximum atomic E-state index is 5.82. The largest absolute Gasteiger partial charge is 0.459 e. The predicted molar refractivity (Wildman–Crippen MR) is 120 cm³/mol. The van der Waals surface area contributed by atoms with Gasteiger partial charge in [0.1, 0.15) is 17.9 Å². The molecule has 2 aromatic heterocycles. The highest BCUT2D eigenvalue weighted by atomic mass is 127. The summed E-state index contributed by atoms with van der Waals surface area (Å²) in [5, 5.41) is 8.91. The zero-order valence-electron chi connectivity index (χ0n) is 15.3. The van der Waals surface area contributed by atoms with Crippen LogP contribution in [0.3, 0.4) is 0 Å². The van der Waals surface area contributed by atoms with Crippen molar-refractivity contribution in [1.29, 1.82) is 0 Å². The van der Waals surface area contributed by atoms with Gasteiger partial charge in [-0.2, -0.15) is 0 Å². The van der Waals surface area contributed by atoms with E-state index in [2.05, 4.69) is 41.4 Å². The Kier molecular flexibility index (Phi) is 7.89. The Morgan fingerprint density at radius 3 is 2.73 bits per heavy atom. The molecule has 140 valence electrons. The van der Waals surface area contributed by atoms with Gasteiger partial charge in [0.15, 0.2) is 5.96 Å². The molecule has 0 amide bonds. The van der Waals surface area contributed by atoms with E-state index in [0.29, 0.717) is 6.54 Å². The molecular weight excluding hydrogens is 459 g/mol. The van der Waals surface area contributed by atoms with E-state index < -0.39 is 0 Å². The molecular formula is C19H25IN4OS. The third-order valence-electron chi connectivity index (χ3n) is 3.92. The smallest absolute Gasteiger partial charge is 0.191 e. The van der Waals surface area contributed by atoms with Gasteiger partial charge in [0.2, 0.25) is 0 Å². The number of fused-ring (bicyclic) bond motifs is 1. The van der Waals surface area contributed by atoms with Crippen LogP contribution in [0.2, 0.25) is 0 Å². The number of halogens is 1. The second kappa shape index (κ2) is 9.91. The van der Waals surface area contributed by atoms with Gasteiger partial charge >= 0.3 is 0 Å². The fraction of sp³-hybridized carbons (Fsp3) is 0.368. The molecule has 0 aliphatic heterocycles. The molecule has 0 atom stereocenters. The topological polar surface area (TPSA) is 62.5 Å². The van der Waals surface area contributed by atoms with Gasteiger partial charge in [-0.3, -0.25) is 0 Å². The molecule has 7 heteroatoms. The fourth-order valence-electron chi connectivity index (χ4n) is 2.55. The molecule has 2 heterocycles. The molecule has 0 bridgehead atoms. The molecule has 0 fully saturated rings. The SMILES string of the molecule is CCNC(=NCc1cc2ccccc2o1)NCCc1nc(C)c(C)s1.I. The summed E-state index contributed by atoms with van der Waals surface area (Å²) in [5.74, 6) is 1.66. The first-order chi connectivity index (χ1) is 12.2. The van der Waals surface area contributed by atoms with Crippen LogP contribution in [-0.4, -0.2) is 24.0 Å². The number of furan rings is 1. The number of thiazole rings is 1. The van der Waals surface area contributed by atoms with Crippen molar-refractivity contribution in [3.05, 3.63) is 51.7 Å². The summed E-state index contributed by atoms with van der Waals surface area (Å²) >= 11 is 1.77. The predicted octanol–water partition coefficient (Wildman–Crippen LogP) is 4.42. The van der Waals surface area contributed by atoms with Gasteiger partial charge < -0.3 is 15.1 Å². The summed E-state index contributed by atoms with van der Waals surface area (Å²) in [4.78, 5) is 10.5. The zero-order valence-corrected chi connectivity index (χ0v) is 18.5. The van der Waals surface area contributed by atoms with Crippen LogP contribution in [-0.2, 0) is 13.0 Å². The number of nitrogens with one attached hydrogen (secondary N) is 2. The molecule has 26 heavy (non-hydrogen) atoms. The lowest BCUT2D eigenvalue weighted by molar-refractivity contribution is 0.551. The van der Waals surface area contributed by atoms with Crippen LogP contribution in [0.15, 0.2) is 39.7 Å². The Bertz CT molecular complexity index is 819. The number of guanidine groups is 1. The van der Waals surface area contributed by atoms with Crippen molar-refractivity contribution < 1.29 is 4.42 Å². The van der Waals surface area contributed by atoms with Gasteiger partial charge in [0.25, 0.3) is 0 Å². The van der Waals surface area contributed by atoms with E-state index in [1.807, 2.05) is 30.3 Å². The molecule has 0 spiro atoms. The minimum atomic E-state index is 0. The lowest BCUT2D eigenvalue weighted by Crippen LogP contribution is -2.38. The minimum absolute atomic E-state index is 0. The zero-order chi connectivity index (χ0) is 17.6. The molecule has 0 unspecified atom stereocenters. The molecule has 0 radical (unpaired) electrons. The van der Waals surface area contributed by atoms with E-state index in [9.17, 15) is 0 Å². The lowest BCUT2D eigenvalue weighted by Gasteiger charge is -2.10. The Balaban J connectivity index is 0.00000243. The van der Waals surface area contributed by atoms with E-state index in [-0.39, 0.29) is 24.0 Å². The van der Waals surface area contributed by atoms with E-state index in [0.717, 1.165) is 52.9 Å².